The molecule has 0 fully saturated rings. The first-order valence-electron chi connectivity index (χ1n) is 5.97. The number of aliphatic carboxylic acids is 1. The lowest BCUT2D eigenvalue weighted by Crippen LogP contribution is -2.51. The summed E-state index contributed by atoms with van der Waals surface area (Å²) in [7, 11) is 1.52. The first-order valence-corrected chi connectivity index (χ1v) is 5.97. The smallest absolute Gasteiger partial charge is 0.317 e. The van der Waals surface area contributed by atoms with Gasteiger partial charge < -0.3 is 20.1 Å². The molecule has 0 radical (unpaired) electrons. The highest BCUT2D eigenvalue weighted by atomic mass is 16.5. The number of urea groups is 1. The van der Waals surface area contributed by atoms with Crippen molar-refractivity contribution in [3.8, 4) is 6.07 Å². The Bertz CT molecular complexity index is 349. The molecule has 7 nitrogen and oxygen atoms in total. The zero-order chi connectivity index (χ0) is 14.9. The lowest BCUT2D eigenvalue weighted by Gasteiger charge is -2.29. The van der Waals surface area contributed by atoms with Crippen LogP contribution in [-0.2, 0) is 9.53 Å². The fourth-order valence-corrected chi connectivity index (χ4v) is 1.49. The number of hydrogen-bond donors (Lipinski definition) is 2. The molecule has 2 amide bonds. The van der Waals surface area contributed by atoms with Gasteiger partial charge in [-0.3, -0.25) is 4.79 Å². The first-order chi connectivity index (χ1) is 8.82. The van der Waals surface area contributed by atoms with Gasteiger partial charge in [0.1, 0.15) is 0 Å². The van der Waals surface area contributed by atoms with Gasteiger partial charge in [0.2, 0.25) is 0 Å². The van der Waals surface area contributed by atoms with E-state index in [2.05, 4.69) is 5.32 Å². The highest BCUT2D eigenvalue weighted by Crippen LogP contribution is 2.09. The van der Waals surface area contributed by atoms with Crippen molar-refractivity contribution in [2.75, 3.05) is 26.8 Å². The van der Waals surface area contributed by atoms with Gasteiger partial charge in [-0.05, 0) is 13.8 Å². The molecule has 0 aromatic rings. The number of carboxylic acid groups (broad SMARTS) is 1. The van der Waals surface area contributed by atoms with E-state index in [0.29, 0.717) is 13.2 Å². The number of hydrogen-bond acceptors (Lipinski definition) is 4. The quantitative estimate of drug-likeness (QED) is 0.680. The molecule has 0 saturated carbocycles. The van der Waals surface area contributed by atoms with Crippen molar-refractivity contribution in [3.05, 3.63) is 0 Å². The Morgan fingerprint density at radius 1 is 1.42 bits per heavy atom. The van der Waals surface area contributed by atoms with Gasteiger partial charge in [-0.1, -0.05) is 0 Å². The molecule has 108 valence electrons. The maximum Gasteiger partial charge on any atom is 0.317 e. The van der Waals surface area contributed by atoms with Gasteiger partial charge in [0.05, 0.1) is 25.5 Å². The van der Waals surface area contributed by atoms with Crippen molar-refractivity contribution in [2.24, 2.45) is 0 Å². The summed E-state index contributed by atoms with van der Waals surface area (Å²) in [4.78, 5) is 24.1. The third kappa shape index (κ3) is 8.00. The van der Waals surface area contributed by atoms with Gasteiger partial charge in [0, 0.05) is 25.7 Å². The van der Waals surface area contributed by atoms with Crippen LogP contribution in [0.3, 0.4) is 0 Å². The van der Waals surface area contributed by atoms with Gasteiger partial charge in [-0.25, -0.2) is 4.79 Å². The summed E-state index contributed by atoms with van der Waals surface area (Å²) in [5, 5.41) is 20.0. The Kier molecular flexibility index (Phi) is 7.53. The van der Waals surface area contributed by atoms with Crippen molar-refractivity contribution in [2.45, 2.75) is 32.2 Å². The van der Waals surface area contributed by atoms with Crippen molar-refractivity contribution in [1.82, 2.24) is 10.2 Å². The third-order valence-corrected chi connectivity index (χ3v) is 2.38. The van der Waals surface area contributed by atoms with Crippen LogP contribution in [-0.4, -0.2) is 54.4 Å². The number of nitriles is 1. The molecule has 0 unspecified atom stereocenters. The Hall–Kier alpha value is -1.81. The summed E-state index contributed by atoms with van der Waals surface area (Å²) in [5.41, 5.74) is -0.846. The number of nitrogens with one attached hydrogen (secondary N) is 1. The predicted octanol–water partition coefficient (Wildman–Crippen LogP) is 0.811. The summed E-state index contributed by atoms with van der Waals surface area (Å²) in [6.07, 6.45) is 0.0472. The van der Waals surface area contributed by atoms with Crippen LogP contribution in [0.15, 0.2) is 0 Å². The van der Waals surface area contributed by atoms with Gasteiger partial charge in [0.25, 0.3) is 0 Å². The zero-order valence-electron chi connectivity index (χ0n) is 11.6. The average Bonchev–Trinajstić information content (AvgIpc) is 2.26. The van der Waals surface area contributed by atoms with Gasteiger partial charge in [-0.2, -0.15) is 5.26 Å². The molecule has 0 aromatic carbocycles. The van der Waals surface area contributed by atoms with Crippen LogP contribution in [0.2, 0.25) is 0 Å². The molecule has 0 aromatic heterocycles. The number of carboxylic acids is 1. The minimum Gasteiger partial charge on any atom is -0.481 e. The number of carbonyl (C=O) groups excluding carboxylic acids is 1. The molecule has 0 aliphatic carbocycles. The molecule has 0 heterocycles. The molecule has 19 heavy (non-hydrogen) atoms. The number of amides is 2. The van der Waals surface area contributed by atoms with E-state index in [4.69, 9.17) is 15.1 Å². The molecule has 0 bridgehead atoms. The lowest BCUT2D eigenvalue weighted by atomic mass is 10.0. The maximum atomic E-state index is 12.0. The van der Waals surface area contributed by atoms with E-state index in [9.17, 15) is 9.59 Å². The van der Waals surface area contributed by atoms with Crippen LogP contribution in [0, 0.1) is 11.3 Å². The number of nitrogens with zero attached hydrogens (tertiary/aromatic N) is 2. The molecule has 0 saturated heterocycles. The molecular weight excluding hydrogens is 250 g/mol. The largest absolute Gasteiger partial charge is 0.481 e. The first kappa shape index (κ1) is 17.2. The number of rotatable bonds is 8. The Labute approximate surface area is 113 Å². The molecule has 0 aliphatic heterocycles. The topological polar surface area (TPSA) is 103 Å². The second-order valence-corrected chi connectivity index (χ2v) is 4.77. The minimum absolute atomic E-state index is 0.172. The third-order valence-electron chi connectivity index (χ3n) is 2.38. The molecule has 7 heteroatoms. The van der Waals surface area contributed by atoms with E-state index < -0.39 is 17.5 Å². The summed E-state index contributed by atoms with van der Waals surface area (Å²) in [6, 6.07) is 1.58. The van der Waals surface area contributed by atoms with Crippen LogP contribution < -0.4 is 5.32 Å². The van der Waals surface area contributed by atoms with E-state index in [1.54, 1.807) is 13.8 Å². The summed E-state index contributed by atoms with van der Waals surface area (Å²) < 4.78 is 4.90. The summed E-state index contributed by atoms with van der Waals surface area (Å²) in [6.45, 7) is 4.27. The molecule has 0 spiro atoms. The Morgan fingerprint density at radius 2 is 2.05 bits per heavy atom. The fourth-order valence-electron chi connectivity index (χ4n) is 1.49. The van der Waals surface area contributed by atoms with Crippen LogP contribution in [0.4, 0.5) is 4.79 Å². The minimum atomic E-state index is -0.981. The van der Waals surface area contributed by atoms with Gasteiger partial charge in [-0.15, -0.1) is 0 Å². The van der Waals surface area contributed by atoms with Crippen LogP contribution in [0.5, 0.6) is 0 Å². The second kappa shape index (κ2) is 8.32. The molecular formula is C12H21N3O4. The highest BCUT2D eigenvalue weighted by Gasteiger charge is 2.26. The van der Waals surface area contributed by atoms with Gasteiger partial charge >= 0.3 is 12.0 Å². The zero-order valence-corrected chi connectivity index (χ0v) is 11.6. The Morgan fingerprint density at radius 3 is 2.53 bits per heavy atom. The fraction of sp³-hybridized carbons (Fsp3) is 0.750. The van der Waals surface area contributed by atoms with E-state index in [-0.39, 0.29) is 19.4 Å². The van der Waals surface area contributed by atoms with Crippen molar-refractivity contribution in [1.29, 1.82) is 5.26 Å². The van der Waals surface area contributed by atoms with E-state index in [1.807, 2.05) is 6.07 Å². The highest BCUT2D eigenvalue weighted by molar-refractivity contribution is 5.76. The average molecular weight is 271 g/mol. The van der Waals surface area contributed by atoms with E-state index >= 15 is 0 Å². The molecule has 2 N–H and O–H groups in total. The summed E-state index contributed by atoms with van der Waals surface area (Å²) >= 11 is 0. The van der Waals surface area contributed by atoms with Crippen LogP contribution in [0.25, 0.3) is 0 Å². The van der Waals surface area contributed by atoms with Crippen molar-refractivity contribution >= 4 is 12.0 Å². The van der Waals surface area contributed by atoms with E-state index in [1.165, 1.54) is 12.0 Å². The molecule has 0 rings (SSSR count). The van der Waals surface area contributed by atoms with E-state index in [0.717, 1.165) is 0 Å². The monoisotopic (exact) mass is 271 g/mol. The van der Waals surface area contributed by atoms with Crippen molar-refractivity contribution in [3.63, 3.8) is 0 Å². The SMILES string of the molecule is COCCN(CCC#N)C(=O)NC(C)(C)CC(=O)O. The predicted molar refractivity (Wildman–Crippen MR) is 68.5 cm³/mol. The summed E-state index contributed by atoms with van der Waals surface area (Å²) in [5.74, 6) is -0.981. The molecule has 0 atom stereocenters. The van der Waals surface area contributed by atoms with Crippen molar-refractivity contribution < 1.29 is 19.4 Å². The second-order valence-electron chi connectivity index (χ2n) is 4.77. The molecule has 0 aliphatic rings. The van der Waals surface area contributed by atoms with Gasteiger partial charge in [0.15, 0.2) is 0 Å². The maximum absolute atomic E-state index is 12.0. The number of methoxy groups -OCH3 is 1. The van der Waals surface area contributed by atoms with Crippen LogP contribution in [0.1, 0.15) is 26.7 Å². The number of ether oxygens (including phenoxy) is 1. The lowest BCUT2D eigenvalue weighted by molar-refractivity contribution is -0.138. The number of carbonyl (C=O) groups is 2. The normalized spacial score (nSPS) is 10.6. The standard InChI is InChI=1S/C12H21N3O4/c1-12(2,9-10(16)17)14-11(18)15(6-4-5-13)7-8-19-3/h4,6-9H2,1-3H3,(H,14,18)(H,16,17). The Balaban J connectivity index is 4.52. The van der Waals surface area contributed by atoms with Crippen LogP contribution >= 0.6 is 0 Å².